The van der Waals surface area contributed by atoms with E-state index in [0.29, 0.717) is 6.04 Å². The van der Waals surface area contributed by atoms with Crippen LogP contribution in [0.2, 0.25) is 0 Å². The molecule has 22 heavy (non-hydrogen) atoms. The average Bonchev–Trinajstić information content (AvgIpc) is 3.01. The van der Waals surface area contributed by atoms with Crippen LogP contribution in [0.15, 0.2) is 29.8 Å². The molecule has 1 N–H and O–H groups in total. The summed E-state index contributed by atoms with van der Waals surface area (Å²) in [5.41, 5.74) is 1.18. The van der Waals surface area contributed by atoms with Gasteiger partial charge in [0, 0.05) is 23.3 Å². The number of rotatable bonds is 5. The summed E-state index contributed by atoms with van der Waals surface area (Å²) < 4.78 is 0. The second-order valence-electron chi connectivity index (χ2n) is 6.25. The lowest BCUT2D eigenvalue weighted by molar-refractivity contribution is 0.149. The van der Waals surface area contributed by atoms with Crippen LogP contribution in [0.5, 0.6) is 0 Å². The van der Waals surface area contributed by atoms with Gasteiger partial charge in [-0.1, -0.05) is 6.07 Å². The zero-order valence-corrected chi connectivity index (χ0v) is 14.1. The Hall–Kier alpha value is -1.46. The molecule has 5 heteroatoms. The second-order valence-corrected chi connectivity index (χ2v) is 7.15. The number of aromatic nitrogens is 2. The van der Waals surface area contributed by atoms with E-state index >= 15 is 0 Å². The molecule has 118 valence electrons. The van der Waals surface area contributed by atoms with Crippen molar-refractivity contribution in [1.29, 1.82) is 0 Å². The van der Waals surface area contributed by atoms with Crippen molar-refractivity contribution in [2.45, 2.75) is 39.2 Å². The Labute approximate surface area is 136 Å². The Morgan fingerprint density at radius 2 is 2.14 bits per heavy atom. The number of thiazole rings is 1. The van der Waals surface area contributed by atoms with Crippen LogP contribution < -0.4 is 5.32 Å². The van der Waals surface area contributed by atoms with Crippen molar-refractivity contribution in [2.75, 3.05) is 18.4 Å². The Bertz CT molecular complexity index is 574. The van der Waals surface area contributed by atoms with E-state index in [2.05, 4.69) is 41.2 Å². The van der Waals surface area contributed by atoms with E-state index in [1.807, 2.05) is 11.4 Å². The third-order valence-corrected chi connectivity index (χ3v) is 5.04. The molecule has 0 spiro atoms. The summed E-state index contributed by atoms with van der Waals surface area (Å²) in [5, 5.41) is 6.14. The Kier molecular flexibility index (Phi) is 5.05. The minimum atomic E-state index is 0.671. The molecular formula is C17H24N4S. The fraction of sp³-hybridized carbons (Fsp3) is 0.529. The van der Waals surface area contributed by atoms with Gasteiger partial charge in [0.05, 0.1) is 0 Å². The van der Waals surface area contributed by atoms with Gasteiger partial charge in [-0.05, 0) is 64.3 Å². The molecule has 2 aromatic rings. The first kappa shape index (κ1) is 15.4. The number of piperidine rings is 1. The maximum atomic E-state index is 4.74. The summed E-state index contributed by atoms with van der Waals surface area (Å²) in [5.74, 6) is 1.66. The lowest BCUT2D eigenvalue weighted by Crippen LogP contribution is -2.38. The van der Waals surface area contributed by atoms with Gasteiger partial charge in [-0.25, -0.2) is 9.97 Å². The molecule has 0 atom stereocenters. The van der Waals surface area contributed by atoms with Crippen molar-refractivity contribution in [3.8, 4) is 0 Å². The van der Waals surface area contributed by atoms with Crippen molar-refractivity contribution < 1.29 is 0 Å². The van der Waals surface area contributed by atoms with Crippen molar-refractivity contribution in [1.82, 2.24) is 14.9 Å². The van der Waals surface area contributed by atoms with Crippen LogP contribution in [0.3, 0.4) is 0 Å². The van der Waals surface area contributed by atoms with E-state index in [-0.39, 0.29) is 0 Å². The predicted octanol–water partition coefficient (Wildman–Crippen LogP) is 3.94. The maximum absolute atomic E-state index is 4.74. The van der Waals surface area contributed by atoms with Gasteiger partial charge in [0.2, 0.25) is 0 Å². The van der Waals surface area contributed by atoms with E-state index in [9.17, 15) is 0 Å². The van der Waals surface area contributed by atoms with E-state index < -0.39 is 0 Å². The molecule has 0 bridgehead atoms. The third-order valence-electron chi connectivity index (χ3n) is 4.35. The van der Waals surface area contributed by atoms with E-state index in [0.717, 1.165) is 23.3 Å². The SMILES string of the molecule is CC(C)N1CCC(Cc2cccc(Nc3nccs3)n2)CC1. The first-order valence-corrected chi connectivity index (χ1v) is 8.95. The lowest BCUT2D eigenvalue weighted by Gasteiger charge is -2.34. The normalized spacial score (nSPS) is 17.0. The van der Waals surface area contributed by atoms with E-state index in [1.165, 1.54) is 31.6 Å². The van der Waals surface area contributed by atoms with Gasteiger partial charge >= 0.3 is 0 Å². The van der Waals surface area contributed by atoms with Crippen LogP contribution in [0.4, 0.5) is 10.9 Å². The van der Waals surface area contributed by atoms with Crippen molar-refractivity contribution in [3.63, 3.8) is 0 Å². The van der Waals surface area contributed by atoms with Gasteiger partial charge in [-0.2, -0.15) is 0 Å². The first-order valence-electron chi connectivity index (χ1n) is 8.07. The molecule has 0 saturated carbocycles. The summed E-state index contributed by atoms with van der Waals surface area (Å²) >= 11 is 1.59. The van der Waals surface area contributed by atoms with Gasteiger partial charge in [0.15, 0.2) is 5.13 Å². The molecule has 0 aromatic carbocycles. The molecular weight excluding hydrogens is 292 g/mol. The zero-order valence-electron chi connectivity index (χ0n) is 13.3. The first-order chi connectivity index (χ1) is 10.7. The molecule has 4 nitrogen and oxygen atoms in total. The molecule has 2 aromatic heterocycles. The minimum Gasteiger partial charge on any atom is -0.316 e. The highest BCUT2D eigenvalue weighted by atomic mass is 32.1. The average molecular weight is 316 g/mol. The molecule has 1 saturated heterocycles. The van der Waals surface area contributed by atoms with E-state index in [4.69, 9.17) is 4.98 Å². The molecule has 3 rings (SSSR count). The summed E-state index contributed by atoms with van der Waals surface area (Å²) in [6.07, 6.45) is 5.45. The Balaban J connectivity index is 1.57. The molecule has 1 aliphatic rings. The third kappa shape index (κ3) is 4.05. The van der Waals surface area contributed by atoms with Crippen molar-refractivity contribution >= 4 is 22.3 Å². The summed E-state index contributed by atoms with van der Waals surface area (Å²) in [6.45, 7) is 7.02. The number of hydrogen-bond donors (Lipinski definition) is 1. The molecule has 0 amide bonds. The van der Waals surface area contributed by atoms with Crippen LogP contribution >= 0.6 is 11.3 Å². The lowest BCUT2D eigenvalue weighted by atomic mass is 9.91. The summed E-state index contributed by atoms with van der Waals surface area (Å²) in [7, 11) is 0. The largest absolute Gasteiger partial charge is 0.316 e. The monoisotopic (exact) mass is 316 g/mol. The predicted molar refractivity (Wildman–Crippen MR) is 92.8 cm³/mol. The number of nitrogens with zero attached hydrogens (tertiary/aromatic N) is 3. The molecule has 0 aliphatic carbocycles. The molecule has 0 unspecified atom stereocenters. The highest BCUT2D eigenvalue weighted by molar-refractivity contribution is 7.13. The smallest absolute Gasteiger partial charge is 0.188 e. The summed E-state index contributed by atoms with van der Waals surface area (Å²) in [4.78, 5) is 11.6. The number of pyridine rings is 1. The van der Waals surface area contributed by atoms with Crippen LogP contribution in [0.1, 0.15) is 32.4 Å². The molecule has 3 heterocycles. The molecule has 1 aliphatic heterocycles. The number of likely N-dealkylation sites (tertiary alicyclic amines) is 1. The van der Waals surface area contributed by atoms with Gasteiger partial charge in [-0.15, -0.1) is 11.3 Å². The number of hydrogen-bond acceptors (Lipinski definition) is 5. The fourth-order valence-electron chi connectivity index (χ4n) is 3.03. The van der Waals surface area contributed by atoms with Gasteiger partial charge in [0.25, 0.3) is 0 Å². The van der Waals surface area contributed by atoms with Gasteiger partial charge < -0.3 is 10.2 Å². The highest BCUT2D eigenvalue weighted by Gasteiger charge is 2.21. The fourth-order valence-corrected chi connectivity index (χ4v) is 3.56. The van der Waals surface area contributed by atoms with Crippen LogP contribution in [0, 0.1) is 5.92 Å². The van der Waals surface area contributed by atoms with Gasteiger partial charge in [0.1, 0.15) is 5.82 Å². The van der Waals surface area contributed by atoms with Crippen molar-refractivity contribution in [2.24, 2.45) is 5.92 Å². The van der Waals surface area contributed by atoms with Crippen LogP contribution in [-0.2, 0) is 6.42 Å². The zero-order chi connectivity index (χ0) is 15.4. The van der Waals surface area contributed by atoms with Crippen LogP contribution in [0.25, 0.3) is 0 Å². The van der Waals surface area contributed by atoms with E-state index in [1.54, 1.807) is 17.5 Å². The Morgan fingerprint density at radius 3 is 2.82 bits per heavy atom. The standard InChI is InChI=1S/C17H24N4S/c1-13(2)21-9-6-14(7-10-21)12-15-4-3-5-16(19-15)20-17-18-8-11-22-17/h3-5,8,11,13-14H,6-7,9-10,12H2,1-2H3,(H,18,19,20). The Morgan fingerprint density at radius 1 is 1.32 bits per heavy atom. The van der Waals surface area contributed by atoms with Crippen LogP contribution in [-0.4, -0.2) is 34.0 Å². The maximum Gasteiger partial charge on any atom is 0.188 e. The number of nitrogens with one attached hydrogen (secondary N) is 1. The minimum absolute atomic E-state index is 0.671. The molecule has 0 radical (unpaired) electrons. The topological polar surface area (TPSA) is 41.0 Å². The van der Waals surface area contributed by atoms with Gasteiger partial charge in [-0.3, -0.25) is 0 Å². The highest BCUT2D eigenvalue weighted by Crippen LogP contribution is 2.23. The summed E-state index contributed by atoms with van der Waals surface area (Å²) in [6, 6.07) is 6.90. The molecule has 1 fully saturated rings. The number of anilines is 2. The quantitative estimate of drug-likeness (QED) is 0.907. The second kappa shape index (κ2) is 7.20. The van der Waals surface area contributed by atoms with Crippen molar-refractivity contribution in [3.05, 3.63) is 35.5 Å².